The fraction of sp³-hybridized carbons (Fsp3) is 0.684. The standard InChI is InChI=1S/C19H21F11O/c1-13(2,3)11-7-6-8-12(9-11)14(4,31-5)10-15(20,21)16(22,23)17(24,25)18(26,27)19(28,29)30/h6-9H,10H2,1-5H3. The minimum absolute atomic E-state index is 0.191. The Labute approximate surface area is 171 Å². The highest BCUT2D eigenvalue weighted by Crippen LogP contribution is 2.59. The fourth-order valence-electron chi connectivity index (χ4n) is 2.75. The van der Waals surface area contributed by atoms with Gasteiger partial charge in [-0.05, 0) is 23.5 Å². The first-order valence-corrected chi connectivity index (χ1v) is 8.72. The molecule has 0 bridgehead atoms. The van der Waals surface area contributed by atoms with Crippen molar-refractivity contribution in [1.29, 1.82) is 0 Å². The lowest BCUT2D eigenvalue weighted by atomic mass is 9.81. The topological polar surface area (TPSA) is 9.23 Å². The third-order valence-electron chi connectivity index (χ3n) is 4.95. The van der Waals surface area contributed by atoms with Gasteiger partial charge in [-0.15, -0.1) is 0 Å². The molecule has 1 atom stereocenters. The van der Waals surface area contributed by atoms with Crippen LogP contribution in [0, 0.1) is 0 Å². The van der Waals surface area contributed by atoms with Gasteiger partial charge in [0.15, 0.2) is 0 Å². The van der Waals surface area contributed by atoms with Crippen molar-refractivity contribution in [1.82, 2.24) is 0 Å². The maximum absolute atomic E-state index is 14.3. The Kier molecular flexibility index (Phi) is 6.88. The van der Waals surface area contributed by atoms with E-state index in [-0.39, 0.29) is 5.56 Å². The summed E-state index contributed by atoms with van der Waals surface area (Å²) in [6.07, 6.45) is -9.50. The highest BCUT2D eigenvalue weighted by Gasteiger charge is 2.87. The first-order valence-electron chi connectivity index (χ1n) is 8.72. The third-order valence-corrected chi connectivity index (χ3v) is 4.95. The Bertz CT molecular complexity index is 778. The number of ether oxygens (including phenoxy) is 1. The highest BCUT2D eigenvalue weighted by atomic mass is 19.4. The van der Waals surface area contributed by atoms with E-state index in [4.69, 9.17) is 4.74 Å². The van der Waals surface area contributed by atoms with Crippen LogP contribution in [0.3, 0.4) is 0 Å². The van der Waals surface area contributed by atoms with E-state index >= 15 is 0 Å². The molecule has 0 radical (unpaired) electrons. The van der Waals surface area contributed by atoms with Gasteiger partial charge in [0.2, 0.25) is 0 Å². The average molecular weight is 474 g/mol. The van der Waals surface area contributed by atoms with Crippen molar-refractivity contribution < 1.29 is 53.0 Å². The zero-order valence-electron chi connectivity index (χ0n) is 17.1. The molecule has 0 saturated heterocycles. The normalized spacial score (nSPS) is 16.9. The second kappa shape index (κ2) is 7.77. The maximum Gasteiger partial charge on any atom is 0.460 e. The summed E-state index contributed by atoms with van der Waals surface area (Å²) in [5.41, 5.74) is -2.67. The second-order valence-electron chi connectivity index (χ2n) is 8.37. The molecule has 1 unspecified atom stereocenters. The van der Waals surface area contributed by atoms with E-state index in [1.807, 2.05) is 0 Å². The monoisotopic (exact) mass is 474 g/mol. The van der Waals surface area contributed by atoms with Crippen LogP contribution in [0.4, 0.5) is 48.3 Å². The van der Waals surface area contributed by atoms with Crippen molar-refractivity contribution in [3.8, 4) is 0 Å². The molecule has 0 heterocycles. The van der Waals surface area contributed by atoms with Gasteiger partial charge in [0.05, 0.1) is 12.0 Å². The van der Waals surface area contributed by atoms with E-state index in [9.17, 15) is 48.3 Å². The van der Waals surface area contributed by atoms with Crippen LogP contribution in [-0.4, -0.2) is 37.0 Å². The van der Waals surface area contributed by atoms with E-state index in [0.717, 1.165) is 20.1 Å². The summed E-state index contributed by atoms with van der Waals surface area (Å²) < 4.78 is 151. The Morgan fingerprint density at radius 3 is 1.52 bits per heavy atom. The van der Waals surface area contributed by atoms with Crippen LogP contribution >= 0.6 is 0 Å². The van der Waals surface area contributed by atoms with E-state index in [1.165, 1.54) is 12.1 Å². The van der Waals surface area contributed by atoms with Crippen molar-refractivity contribution in [2.24, 2.45) is 0 Å². The van der Waals surface area contributed by atoms with Gasteiger partial charge >= 0.3 is 29.9 Å². The zero-order valence-corrected chi connectivity index (χ0v) is 17.1. The third kappa shape index (κ3) is 4.63. The Hall–Kier alpha value is -1.59. The van der Waals surface area contributed by atoms with Gasteiger partial charge in [0.1, 0.15) is 0 Å². The quantitative estimate of drug-likeness (QED) is 0.376. The number of benzene rings is 1. The van der Waals surface area contributed by atoms with Crippen molar-refractivity contribution in [3.05, 3.63) is 35.4 Å². The van der Waals surface area contributed by atoms with Crippen LogP contribution in [0.2, 0.25) is 0 Å². The molecule has 0 saturated carbocycles. The molecular formula is C19H21F11O. The molecule has 0 amide bonds. The van der Waals surface area contributed by atoms with Gasteiger partial charge in [0.25, 0.3) is 0 Å². The second-order valence-corrected chi connectivity index (χ2v) is 8.37. The van der Waals surface area contributed by atoms with Crippen LogP contribution < -0.4 is 0 Å². The number of rotatable bonds is 7. The number of hydrogen-bond acceptors (Lipinski definition) is 1. The van der Waals surface area contributed by atoms with E-state index in [1.54, 1.807) is 26.8 Å². The van der Waals surface area contributed by atoms with Crippen LogP contribution in [0.5, 0.6) is 0 Å². The molecule has 0 N–H and O–H groups in total. The van der Waals surface area contributed by atoms with E-state index in [0.29, 0.717) is 5.56 Å². The van der Waals surface area contributed by atoms with Gasteiger partial charge in [-0.2, -0.15) is 48.3 Å². The molecule has 12 heteroatoms. The number of alkyl halides is 11. The van der Waals surface area contributed by atoms with Gasteiger partial charge in [0, 0.05) is 7.11 Å². The SMILES string of the molecule is COC(C)(CC(F)(F)C(F)(F)C(F)(F)C(F)(F)C(F)(F)F)c1cccc(C(C)(C)C)c1. The summed E-state index contributed by atoms with van der Waals surface area (Å²) in [6, 6.07) is 5.32. The lowest BCUT2D eigenvalue weighted by Crippen LogP contribution is -2.67. The minimum atomic E-state index is -7.44. The molecule has 1 rings (SSSR count). The average Bonchev–Trinajstić information content (AvgIpc) is 2.59. The molecule has 0 aliphatic carbocycles. The lowest BCUT2D eigenvalue weighted by molar-refractivity contribution is -0.424. The van der Waals surface area contributed by atoms with Gasteiger partial charge in [-0.3, -0.25) is 0 Å². The largest absolute Gasteiger partial charge is 0.460 e. The van der Waals surface area contributed by atoms with Gasteiger partial charge in [-0.1, -0.05) is 45.0 Å². The minimum Gasteiger partial charge on any atom is -0.374 e. The molecule has 0 fully saturated rings. The molecule has 0 aromatic heterocycles. The van der Waals surface area contributed by atoms with Crippen molar-refractivity contribution in [3.63, 3.8) is 0 Å². The molecule has 1 aromatic carbocycles. The molecular weight excluding hydrogens is 453 g/mol. The first kappa shape index (κ1) is 27.4. The van der Waals surface area contributed by atoms with E-state index in [2.05, 4.69) is 0 Å². The number of hydrogen-bond donors (Lipinski definition) is 0. The molecule has 1 nitrogen and oxygen atoms in total. The van der Waals surface area contributed by atoms with Crippen molar-refractivity contribution in [2.45, 2.75) is 75.0 Å². The van der Waals surface area contributed by atoms with E-state index < -0.39 is 47.3 Å². The smallest absolute Gasteiger partial charge is 0.374 e. The number of halogens is 11. The fourth-order valence-corrected chi connectivity index (χ4v) is 2.75. The van der Waals surface area contributed by atoms with Crippen LogP contribution in [-0.2, 0) is 15.8 Å². The summed E-state index contributed by atoms with van der Waals surface area (Å²) >= 11 is 0. The summed E-state index contributed by atoms with van der Waals surface area (Å²) in [5.74, 6) is -27.9. The molecule has 180 valence electrons. The predicted molar refractivity (Wildman–Crippen MR) is 90.0 cm³/mol. The zero-order chi connectivity index (χ0) is 24.9. The summed E-state index contributed by atoms with van der Waals surface area (Å²) in [7, 11) is 0.778. The summed E-state index contributed by atoms with van der Waals surface area (Å²) in [6.45, 7) is 5.97. The Morgan fingerprint density at radius 2 is 1.13 bits per heavy atom. The molecule has 1 aromatic rings. The number of methoxy groups -OCH3 is 1. The molecule has 0 aliphatic rings. The molecule has 0 spiro atoms. The highest BCUT2D eigenvalue weighted by molar-refractivity contribution is 5.32. The first-order chi connectivity index (χ1) is 13.5. The predicted octanol–water partition coefficient (Wildman–Crippen LogP) is 7.34. The summed E-state index contributed by atoms with van der Waals surface area (Å²) in [4.78, 5) is 0. The Balaban J connectivity index is 3.49. The van der Waals surface area contributed by atoms with Crippen LogP contribution in [0.1, 0.15) is 45.2 Å². The van der Waals surface area contributed by atoms with Crippen molar-refractivity contribution >= 4 is 0 Å². The summed E-state index contributed by atoms with van der Waals surface area (Å²) in [5, 5.41) is 0. The maximum atomic E-state index is 14.3. The lowest BCUT2D eigenvalue weighted by Gasteiger charge is -2.40. The molecule has 31 heavy (non-hydrogen) atoms. The van der Waals surface area contributed by atoms with Crippen LogP contribution in [0.25, 0.3) is 0 Å². The molecule has 0 aliphatic heterocycles. The van der Waals surface area contributed by atoms with Gasteiger partial charge < -0.3 is 4.74 Å². The van der Waals surface area contributed by atoms with Crippen LogP contribution in [0.15, 0.2) is 24.3 Å². The van der Waals surface area contributed by atoms with Gasteiger partial charge in [-0.25, -0.2) is 0 Å². The van der Waals surface area contributed by atoms with Crippen molar-refractivity contribution in [2.75, 3.05) is 7.11 Å². The Morgan fingerprint density at radius 1 is 0.677 bits per heavy atom.